The number of benzene rings is 10. The van der Waals surface area contributed by atoms with Crippen LogP contribution in [0.15, 0.2) is 246 Å². The third-order valence-corrected chi connectivity index (χ3v) is 13.9. The maximum Gasteiger partial charge on any atom is 0.0735 e. The summed E-state index contributed by atoms with van der Waals surface area (Å²) in [6.45, 7) is 0. The van der Waals surface area contributed by atoms with E-state index in [1.54, 1.807) is 0 Å². The van der Waals surface area contributed by atoms with Crippen molar-refractivity contribution < 1.29 is 0 Å². The largest absolute Gasteiger partial charge is 0.310 e. The van der Waals surface area contributed by atoms with Crippen LogP contribution < -0.4 is 4.90 Å². The summed E-state index contributed by atoms with van der Waals surface area (Å²) in [6.07, 6.45) is 0. The number of nitrogens with zero attached hydrogens (tertiary/aromatic N) is 1. The Morgan fingerprint density at radius 2 is 0.852 bits per heavy atom. The number of para-hydroxylation sites is 1. The first-order chi connectivity index (χ1) is 30.3. The number of fused-ring (bicyclic) bond motifs is 11. The predicted molar refractivity (Wildman–Crippen MR) is 256 cm³/mol. The molecule has 0 bridgehead atoms. The number of hydrogen-bond donors (Lipinski definition) is 0. The first-order valence-corrected chi connectivity index (χ1v) is 21.8. The van der Waals surface area contributed by atoms with Gasteiger partial charge < -0.3 is 4.90 Å². The van der Waals surface area contributed by atoms with E-state index in [-0.39, 0.29) is 0 Å². The molecular formula is C59H39NS. The molecule has 2 heteroatoms. The molecule has 2 aliphatic rings. The third-order valence-electron chi connectivity index (χ3n) is 12.7. The first kappa shape index (κ1) is 35.5. The molecule has 61 heavy (non-hydrogen) atoms. The van der Waals surface area contributed by atoms with E-state index < -0.39 is 5.41 Å². The molecule has 0 radical (unpaired) electrons. The molecular weight excluding hydrogens is 755 g/mol. The normalized spacial score (nSPS) is 13.0. The smallest absolute Gasteiger partial charge is 0.0735 e. The molecule has 0 saturated heterocycles. The van der Waals surface area contributed by atoms with Crippen LogP contribution in [0.5, 0.6) is 0 Å². The molecule has 0 saturated carbocycles. The molecule has 0 unspecified atom stereocenters. The van der Waals surface area contributed by atoms with Crippen LogP contribution in [0, 0.1) is 0 Å². The zero-order valence-electron chi connectivity index (χ0n) is 33.4. The van der Waals surface area contributed by atoms with E-state index in [1.807, 2.05) is 11.8 Å². The fourth-order valence-corrected chi connectivity index (χ4v) is 11.2. The second-order valence-electron chi connectivity index (χ2n) is 16.0. The van der Waals surface area contributed by atoms with Gasteiger partial charge in [-0.1, -0.05) is 200 Å². The van der Waals surface area contributed by atoms with Crippen LogP contribution in [0.4, 0.5) is 17.1 Å². The monoisotopic (exact) mass is 793 g/mol. The maximum atomic E-state index is 2.49. The summed E-state index contributed by atoms with van der Waals surface area (Å²) >= 11 is 1.89. The van der Waals surface area contributed by atoms with Gasteiger partial charge in [-0.15, -0.1) is 0 Å². The highest BCUT2D eigenvalue weighted by Crippen LogP contribution is 2.63. The zero-order chi connectivity index (χ0) is 40.3. The molecule has 0 amide bonds. The van der Waals surface area contributed by atoms with Gasteiger partial charge in [-0.3, -0.25) is 0 Å². The quantitative estimate of drug-likeness (QED) is 0.165. The van der Waals surface area contributed by atoms with Crippen molar-refractivity contribution >= 4 is 39.6 Å². The van der Waals surface area contributed by atoms with Gasteiger partial charge in [-0.2, -0.15) is 0 Å². The van der Waals surface area contributed by atoms with Crippen molar-refractivity contribution in [3.8, 4) is 44.5 Å². The van der Waals surface area contributed by atoms with Crippen molar-refractivity contribution in [2.45, 2.75) is 15.2 Å². The summed E-state index contributed by atoms with van der Waals surface area (Å²) in [5.74, 6) is 0. The molecule has 10 aromatic carbocycles. The minimum atomic E-state index is -0.451. The molecule has 1 aliphatic heterocycles. The SMILES string of the molecule is c1ccc(-c2ccc(N(c3ccc(-c4ccc5c(c4)C4(c6ccccc6Sc6ccccc64)c4ccc6ccccc6c4-5)cc3)c3ccccc3-c3ccccc3)cc2)cc1. The van der Waals surface area contributed by atoms with E-state index in [9.17, 15) is 0 Å². The molecule has 1 spiro atoms. The van der Waals surface area contributed by atoms with E-state index in [2.05, 4.69) is 241 Å². The van der Waals surface area contributed by atoms with Gasteiger partial charge >= 0.3 is 0 Å². The summed E-state index contributed by atoms with van der Waals surface area (Å²) in [5.41, 5.74) is 18.1. The highest BCUT2D eigenvalue weighted by Gasteiger charge is 2.50. The number of anilines is 3. The zero-order valence-corrected chi connectivity index (χ0v) is 34.2. The van der Waals surface area contributed by atoms with Gasteiger partial charge in [0, 0.05) is 26.7 Å². The molecule has 12 rings (SSSR count). The minimum absolute atomic E-state index is 0.451. The topological polar surface area (TPSA) is 3.24 Å². The summed E-state index contributed by atoms with van der Waals surface area (Å²) in [7, 11) is 0. The Bertz CT molecular complexity index is 3210. The van der Waals surface area contributed by atoms with Gasteiger partial charge in [-0.05, 0) is 121 Å². The van der Waals surface area contributed by atoms with E-state index >= 15 is 0 Å². The van der Waals surface area contributed by atoms with Crippen molar-refractivity contribution in [3.05, 3.63) is 259 Å². The van der Waals surface area contributed by atoms with Crippen LogP contribution in [0.2, 0.25) is 0 Å². The maximum absolute atomic E-state index is 2.49. The lowest BCUT2D eigenvalue weighted by atomic mass is 9.67. The Kier molecular flexibility index (Phi) is 8.40. The molecule has 1 nitrogen and oxygen atoms in total. The Morgan fingerprint density at radius 3 is 1.54 bits per heavy atom. The number of rotatable bonds is 6. The number of hydrogen-bond acceptors (Lipinski definition) is 2. The van der Waals surface area contributed by atoms with E-state index in [0.29, 0.717) is 0 Å². The van der Waals surface area contributed by atoms with Crippen LogP contribution >= 0.6 is 11.8 Å². The van der Waals surface area contributed by atoms with Crippen LogP contribution in [0.1, 0.15) is 22.3 Å². The lowest BCUT2D eigenvalue weighted by Crippen LogP contribution is -2.32. The van der Waals surface area contributed by atoms with Crippen LogP contribution in [-0.2, 0) is 5.41 Å². The van der Waals surface area contributed by atoms with E-state index in [4.69, 9.17) is 0 Å². The lowest BCUT2D eigenvalue weighted by molar-refractivity contribution is 0.723. The second kappa shape index (κ2) is 14.4. The first-order valence-electron chi connectivity index (χ1n) is 21.0. The molecule has 286 valence electrons. The van der Waals surface area contributed by atoms with E-state index in [1.165, 1.54) is 87.3 Å². The van der Waals surface area contributed by atoms with Gasteiger partial charge in [0.1, 0.15) is 0 Å². The fraction of sp³-hybridized carbons (Fsp3) is 0.0169. The van der Waals surface area contributed by atoms with Crippen LogP contribution in [0.25, 0.3) is 55.3 Å². The summed E-state index contributed by atoms with van der Waals surface area (Å²) in [4.78, 5) is 5.03. The molecule has 0 fully saturated rings. The van der Waals surface area contributed by atoms with E-state index in [0.717, 1.165) is 17.1 Å². The standard InChI is InChI=1S/C59H39NS/c1-3-15-40(16-4-1)41-27-33-46(34-28-41)60(55-24-12-9-20-48(55)43-17-5-2-6-18-43)47-35-29-42(30-36-47)45-31-37-50-54(39-45)59(53-38-32-44-19-7-8-21-49(44)58(50)53)51-22-10-13-25-56(51)61-57-26-14-11-23-52(57)59/h1-39H. The molecule has 1 heterocycles. The van der Waals surface area contributed by atoms with Crippen molar-refractivity contribution in [1.82, 2.24) is 0 Å². The van der Waals surface area contributed by atoms with Gasteiger partial charge in [0.15, 0.2) is 0 Å². The van der Waals surface area contributed by atoms with Gasteiger partial charge in [-0.25, -0.2) is 0 Å². The Hall–Kier alpha value is -7.39. The summed E-state index contributed by atoms with van der Waals surface area (Å²) in [6, 6.07) is 87.1. The molecule has 0 aromatic heterocycles. The Balaban J connectivity index is 1.02. The van der Waals surface area contributed by atoms with Crippen LogP contribution in [0.3, 0.4) is 0 Å². The van der Waals surface area contributed by atoms with Crippen molar-refractivity contribution in [2.24, 2.45) is 0 Å². The highest BCUT2D eigenvalue weighted by atomic mass is 32.2. The predicted octanol–water partition coefficient (Wildman–Crippen LogP) is 16.1. The van der Waals surface area contributed by atoms with Crippen LogP contribution in [-0.4, -0.2) is 0 Å². The highest BCUT2D eigenvalue weighted by molar-refractivity contribution is 7.99. The van der Waals surface area contributed by atoms with Gasteiger partial charge in [0.25, 0.3) is 0 Å². The van der Waals surface area contributed by atoms with Crippen molar-refractivity contribution in [2.75, 3.05) is 4.90 Å². The molecule has 1 aliphatic carbocycles. The Labute approximate surface area is 361 Å². The van der Waals surface area contributed by atoms with Gasteiger partial charge in [0.2, 0.25) is 0 Å². The average Bonchev–Trinajstić information content (AvgIpc) is 3.63. The van der Waals surface area contributed by atoms with Gasteiger partial charge in [0.05, 0.1) is 11.1 Å². The summed E-state index contributed by atoms with van der Waals surface area (Å²) < 4.78 is 0. The molecule has 0 atom stereocenters. The summed E-state index contributed by atoms with van der Waals surface area (Å²) in [5, 5.41) is 2.57. The molecule has 10 aromatic rings. The minimum Gasteiger partial charge on any atom is -0.310 e. The fourth-order valence-electron chi connectivity index (χ4n) is 10.0. The average molecular weight is 794 g/mol. The molecule has 0 N–H and O–H groups in total. The Morgan fingerprint density at radius 1 is 0.328 bits per heavy atom. The second-order valence-corrected chi connectivity index (χ2v) is 17.1. The third kappa shape index (κ3) is 5.64. The van der Waals surface area contributed by atoms with Crippen molar-refractivity contribution in [1.29, 1.82) is 0 Å². The lowest BCUT2D eigenvalue weighted by Gasteiger charge is -2.39. The van der Waals surface area contributed by atoms with Crippen molar-refractivity contribution in [3.63, 3.8) is 0 Å².